The minimum atomic E-state index is -0.0970. The Hall–Kier alpha value is -0.610. The number of nitrogens with one attached hydrogen (secondary N) is 2. The Kier molecular flexibility index (Phi) is 3.49. The molecular weight excluding hydrogens is 156 g/mol. The molecule has 0 spiro atoms. The number of hydrogen-bond acceptors (Lipinski definition) is 4. The van der Waals surface area contributed by atoms with Gasteiger partial charge in [0.05, 0.1) is 13.0 Å². The van der Waals surface area contributed by atoms with Gasteiger partial charge in [0.2, 0.25) is 0 Å². The lowest BCUT2D eigenvalue weighted by molar-refractivity contribution is -0.146. The molecule has 1 aliphatic carbocycles. The third-order valence-electron chi connectivity index (χ3n) is 2.35. The first-order valence-corrected chi connectivity index (χ1v) is 4.29. The summed E-state index contributed by atoms with van der Waals surface area (Å²) >= 11 is 0. The molecule has 1 aliphatic rings. The van der Waals surface area contributed by atoms with Crippen molar-refractivity contribution < 1.29 is 9.53 Å². The summed E-state index contributed by atoms with van der Waals surface area (Å²) in [5.41, 5.74) is 5.92. The lowest BCUT2D eigenvalue weighted by atomic mass is 10.1. The van der Waals surface area contributed by atoms with E-state index in [1.165, 1.54) is 7.11 Å². The van der Waals surface area contributed by atoms with Gasteiger partial charge in [-0.25, -0.2) is 0 Å². The van der Waals surface area contributed by atoms with Crippen LogP contribution in [0.15, 0.2) is 0 Å². The van der Waals surface area contributed by atoms with Gasteiger partial charge in [-0.15, -0.1) is 0 Å². The predicted molar refractivity (Wildman–Crippen MR) is 45.3 cm³/mol. The van der Waals surface area contributed by atoms with Gasteiger partial charge in [-0.1, -0.05) is 6.42 Å². The average molecular weight is 172 g/mol. The number of methoxy groups -OCH3 is 1. The van der Waals surface area contributed by atoms with Gasteiger partial charge < -0.3 is 4.74 Å². The fourth-order valence-corrected chi connectivity index (χ4v) is 1.75. The zero-order chi connectivity index (χ0) is 8.97. The zero-order valence-corrected chi connectivity index (χ0v) is 7.59. The summed E-state index contributed by atoms with van der Waals surface area (Å²) in [6.07, 6.45) is 3.08. The Morgan fingerprint density at radius 2 is 2.25 bits per heavy atom. The Balaban J connectivity index is 2.45. The second-order valence-electron chi connectivity index (χ2n) is 3.06. The third kappa shape index (κ3) is 1.95. The van der Waals surface area contributed by atoms with Gasteiger partial charge in [0, 0.05) is 6.04 Å². The van der Waals surface area contributed by atoms with Crippen LogP contribution >= 0.6 is 0 Å². The summed E-state index contributed by atoms with van der Waals surface area (Å²) in [5.74, 6) is -0.0669. The number of carbonyl (C=O) groups excluding carboxylic acids is 1. The SMILES string of the molecule is CNNC1CCCC1C(=O)OC. The number of hydrogen-bond donors (Lipinski definition) is 2. The smallest absolute Gasteiger partial charge is 0.310 e. The molecular formula is C8H16N2O2. The van der Waals surface area contributed by atoms with Crippen molar-refractivity contribution in [2.24, 2.45) is 5.92 Å². The quantitative estimate of drug-likeness (QED) is 0.466. The molecule has 0 amide bonds. The fraction of sp³-hybridized carbons (Fsp3) is 0.875. The van der Waals surface area contributed by atoms with E-state index >= 15 is 0 Å². The van der Waals surface area contributed by atoms with Crippen molar-refractivity contribution >= 4 is 5.97 Å². The van der Waals surface area contributed by atoms with E-state index in [-0.39, 0.29) is 17.9 Å². The van der Waals surface area contributed by atoms with Crippen LogP contribution in [0.1, 0.15) is 19.3 Å². The van der Waals surface area contributed by atoms with Crippen molar-refractivity contribution in [1.82, 2.24) is 10.9 Å². The van der Waals surface area contributed by atoms with Crippen LogP contribution in [0, 0.1) is 5.92 Å². The lowest BCUT2D eigenvalue weighted by Crippen LogP contribution is -2.43. The van der Waals surface area contributed by atoms with E-state index in [1.807, 2.05) is 7.05 Å². The molecule has 1 saturated carbocycles. The van der Waals surface area contributed by atoms with Crippen LogP contribution in [-0.2, 0) is 9.53 Å². The molecule has 12 heavy (non-hydrogen) atoms. The van der Waals surface area contributed by atoms with E-state index in [0.29, 0.717) is 0 Å². The Morgan fingerprint density at radius 3 is 2.83 bits per heavy atom. The molecule has 0 aromatic heterocycles. The molecule has 0 heterocycles. The minimum Gasteiger partial charge on any atom is -0.469 e. The molecule has 1 rings (SSSR count). The molecule has 0 bridgehead atoms. The highest BCUT2D eigenvalue weighted by Crippen LogP contribution is 2.25. The van der Waals surface area contributed by atoms with Gasteiger partial charge in [-0.3, -0.25) is 15.6 Å². The van der Waals surface area contributed by atoms with Gasteiger partial charge >= 0.3 is 5.97 Å². The predicted octanol–water partition coefficient (Wildman–Crippen LogP) is 0.0521. The Morgan fingerprint density at radius 1 is 1.50 bits per heavy atom. The number of hydrazine groups is 1. The van der Waals surface area contributed by atoms with Crippen LogP contribution in [0.2, 0.25) is 0 Å². The van der Waals surface area contributed by atoms with Crippen LogP contribution in [0.4, 0.5) is 0 Å². The summed E-state index contributed by atoms with van der Waals surface area (Å²) in [4.78, 5) is 11.2. The maximum atomic E-state index is 11.2. The van der Waals surface area contributed by atoms with Crippen molar-refractivity contribution in [2.75, 3.05) is 14.2 Å². The molecule has 0 radical (unpaired) electrons. The molecule has 2 atom stereocenters. The van der Waals surface area contributed by atoms with Crippen molar-refractivity contribution in [1.29, 1.82) is 0 Å². The van der Waals surface area contributed by atoms with Crippen molar-refractivity contribution in [3.8, 4) is 0 Å². The minimum absolute atomic E-state index is 0.0300. The van der Waals surface area contributed by atoms with Gasteiger partial charge in [0.15, 0.2) is 0 Å². The molecule has 0 saturated heterocycles. The third-order valence-corrected chi connectivity index (χ3v) is 2.35. The normalized spacial score (nSPS) is 28.8. The van der Waals surface area contributed by atoms with Crippen LogP contribution in [0.5, 0.6) is 0 Å². The number of esters is 1. The standard InChI is InChI=1S/C8H16N2O2/c1-9-10-7-5-3-4-6(7)8(11)12-2/h6-7,9-10H,3-5H2,1-2H3. The fourth-order valence-electron chi connectivity index (χ4n) is 1.75. The maximum absolute atomic E-state index is 11.2. The summed E-state index contributed by atoms with van der Waals surface area (Å²) in [6.45, 7) is 0. The van der Waals surface area contributed by atoms with E-state index in [0.717, 1.165) is 19.3 Å². The second-order valence-corrected chi connectivity index (χ2v) is 3.06. The van der Waals surface area contributed by atoms with Crippen molar-refractivity contribution in [3.05, 3.63) is 0 Å². The Bertz CT molecular complexity index is 161. The molecule has 0 aromatic carbocycles. The highest BCUT2D eigenvalue weighted by molar-refractivity contribution is 5.73. The van der Waals surface area contributed by atoms with E-state index < -0.39 is 0 Å². The van der Waals surface area contributed by atoms with Gasteiger partial charge in [-0.05, 0) is 19.9 Å². The van der Waals surface area contributed by atoms with Crippen LogP contribution in [0.25, 0.3) is 0 Å². The van der Waals surface area contributed by atoms with Gasteiger partial charge in [0.1, 0.15) is 0 Å². The molecule has 2 unspecified atom stereocenters. The number of rotatable bonds is 3. The van der Waals surface area contributed by atoms with E-state index in [1.54, 1.807) is 0 Å². The van der Waals surface area contributed by atoms with Crippen LogP contribution in [-0.4, -0.2) is 26.2 Å². The first kappa shape index (κ1) is 9.48. The first-order chi connectivity index (χ1) is 5.79. The zero-order valence-electron chi connectivity index (χ0n) is 7.59. The van der Waals surface area contributed by atoms with E-state index in [2.05, 4.69) is 10.9 Å². The lowest BCUT2D eigenvalue weighted by Gasteiger charge is -2.17. The topological polar surface area (TPSA) is 50.4 Å². The molecule has 0 aliphatic heterocycles. The second kappa shape index (κ2) is 4.42. The summed E-state index contributed by atoms with van der Waals surface area (Å²) in [5, 5.41) is 0. The highest BCUT2D eigenvalue weighted by Gasteiger charge is 2.33. The Labute approximate surface area is 72.6 Å². The van der Waals surface area contributed by atoms with Gasteiger partial charge in [-0.2, -0.15) is 0 Å². The van der Waals surface area contributed by atoms with Crippen molar-refractivity contribution in [2.45, 2.75) is 25.3 Å². The largest absolute Gasteiger partial charge is 0.469 e. The summed E-state index contributed by atoms with van der Waals surface area (Å²) < 4.78 is 4.70. The molecule has 70 valence electrons. The maximum Gasteiger partial charge on any atom is 0.310 e. The summed E-state index contributed by atoms with van der Waals surface area (Å²) in [6, 6.07) is 0.238. The van der Waals surface area contributed by atoms with Gasteiger partial charge in [0.25, 0.3) is 0 Å². The van der Waals surface area contributed by atoms with E-state index in [4.69, 9.17) is 4.74 Å². The van der Waals surface area contributed by atoms with Crippen LogP contribution in [0.3, 0.4) is 0 Å². The van der Waals surface area contributed by atoms with Crippen LogP contribution < -0.4 is 10.9 Å². The number of ether oxygens (including phenoxy) is 1. The monoisotopic (exact) mass is 172 g/mol. The first-order valence-electron chi connectivity index (χ1n) is 4.29. The molecule has 4 heteroatoms. The highest BCUT2D eigenvalue weighted by atomic mass is 16.5. The molecule has 1 fully saturated rings. The van der Waals surface area contributed by atoms with Crippen molar-refractivity contribution in [3.63, 3.8) is 0 Å². The average Bonchev–Trinajstić information content (AvgIpc) is 2.52. The summed E-state index contributed by atoms with van der Waals surface area (Å²) in [7, 11) is 3.25. The van der Waals surface area contributed by atoms with E-state index in [9.17, 15) is 4.79 Å². The molecule has 0 aromatic rings. The number of carbonyl (C=O) groups is 1. The molecule has 4 nitrogen and oxygen atoms in total. The molecule has 2 N–H and O–H groups in total.